The second-order valence-corrected chi connectivity index (χ2v) is 12.6. The number of rotatable bonds is 12. The van der Waals surface area contributed by atoms with Crippen LogP contribution in [-0.2, 0) is 41.4 Å². The van der Waals surface area contributed by atoms with Crippen molar-refractivity contribution in [2.45, 2.75) is 85.4 Å². The zero-order valence-corrected chi connectivity index (χ0v) is 28.6. The van der Waals surface area contributed by atoms with E-state index in [-0.39, 0.29) is 60.8 Å². The number of benzene rings is 2. The molecule has 1 unspecified atom stereocenters. The van der Waals surface area contributed by atoms with Crippen molar-refractivity contribution in [3.8, 4) is 17.2 Å². The Labute approximate surface area is 288 Å². The van der Waals surface area contributed by atoms with E-state index in [0.717, 1.165) is 12.1 Å². The summed E-state index contributed by atoms with van der Waals surface area (Å²) in [6, 6.07) is 3.35. The number of fused-ring (bicyclic) bond motifs is 2. The maximum atomic E-state index is 15.8. The van der Waals surface area contributed by atoms with Crippen LogP contribution < -0.4 is 24.7 Å². The van der Waals surface area contributed by atoms with E-state index in [1.54, 1.807) is 41.5 Å². The van der Waals surface area contributed by atoms with E-state index in [1.807, 2.05) is 0 Å². The Bertz CT molecular complexity index is 1620. The van der Waals surface area contributed by atoms with Gasteiger partial charge in [-0.1, -0.05) is 19.9 Å². The number of carbonyl (C=O) groups excluding carboxylic acids is 4. The van der Waals surface area contributed by atoms with Crippen LogP contribution in [0, 0.1) is 17.0 Å². The quantitative estimate of drug-likeness (QED) is 0.144. The van der Waals surface area contributed by atoms with Gasteiger partial charge in [-0.3, -0.25) is 14.4 Å². The van der Waals surface area contributed by atoms with E-state index in [4.69, 9.17) is 28.3 Å². The normalized spacial score (nSPS) is 17.3. The van der Waals surface area contributed by atoms with Crippen LogP contribution in [0.4, 0.5) is 8.78 Å². The van der Waals surface area contributed by atoms with Crippen LogP contribution >= 0.6 is 0 Å². The number of halogens is 2. The van der Waals surface area contributed by atoms with Crippen molar-refractivity contribution in [1.82, 2.24) is 10.6 Å². The Morgan fingerprint density at radius 1 is 0.920 bits per heavy atom. The molecule has 4 rings (SSSR count). The molecule has 0 bridgehead atoms. The van der Waals surface area contributed by atoms with Crippen LogP contribution in [-0.4, -0.2) is 73.3 Å². The zero-order chi connectivity index (χ0) is 36.9. The summed E-state index contributed by atoms with van der Waals surface area (Å²) in [7, 11) is -3.30. The number of hydrogen-bond donors (Lipinski definition) is 4. The van der Waals surface area contributed by atoms with Crippen LogP contribution in [0.1, 0.15) is 87.7 Å². The molecule has 0 saturated carbocycles. The van der Waals surface area contributed by atoms with E-state index in [9.17, 15) is 29.2 Å². The van der Waals surface area contributed by atoms with Crippen LogP contribution in [0.5, 0.6) is 17.2 Å². The summed E-state index contributed by atoms with van der Waals surface area (Å²) in [5.74, 6) is -7.68. The lowest BCUT2D eigenvalue weighted by Crippen LogP contribution is -2.53. The van der Waals surface area contributed by atoms with Gasteiger partial charge in [0.25, 0.3) is 0 Å². The molecule has 18 heteroatoms. The minimum Gasteiger partial charge on any atom is -0.534 e. The van der Waals surface area contributed by atoms with Gasteiger partial charge in [0.2, 0.25) is 24.9 Å². The molecule has 4 N–H and O–H groups in total. The first-order valence-electron chi connectivity index (χ1n) is 16.2. The number of nitrogens with one attached hydrogen (secondary N) is 2. The van der Waals surface area contributed by atoms with Crippen LogP contribution in [0.3, 0.4) is 0 Å². The Hall–Kier alpha value is -4.41. The number of carbonyl (C=O) groups is 4. The highest BCUT2D eigenvalue weighted by Crippen LogP contribution is 2.43. The van der Waals surface area contributed by atoms with E-state index < -0.39 is 85.4 Å². The van der Waals surface area contributed by atoms with E-state index in [1.165, 1.54) is 6.07 Å². The molecule has 14 nitrogen and oxygen atoms in total. The van der Waals surface area contributed by atoms with Crippen LogP contribution in [0.15, 0.2) is 18.2 Å². The van der Waals surface area contributed by atoms with Gasteiger partial charge in [0.1, 0.15) is 34.4 Å². The van der Waals surface area contributed by atoms with Gasteiger partial charge in [-0.15, -0.1) is 0 Å². The average molecular weight is 704 g/mol. The summed E-state index contributed by atoms with van der Waals surface area (Å²) in [6.45, 7) is 8.68. The van der Waals surface area contributed by atoms with E-state index in [2.05, 4.69) is 10.6 Å². The first kappa shape index (κ1) is 38.4. The minimum absolute atomic E-state index is 0.0186. The maximum absolute atomic E-state index is 15.8. The Morgan fingerprint density at radius 3 is 2.10 bits per heavy atom. The Balaban J connectivity index is 1.75. The third kappa shape index (κ3) is 8.65. The molecule has 2 aliphatic rings. The zero-order valence-electron chi connectivity index (χ0n) is 28.6. The molecule has 0 radical (unpaired) electrons. The fraction of sp³-hybridized carbons (Fsp3) is 0.500. The molecule has 0 aromatic heterocycles. The van der Waals surface area contributed by atoms with Gasteiger partial charge in [0, 0.05) is 31.1 Å². The van der Waals surface area contributed by atoms with Gasteiger partial charge < -0.3 is 48.9 Å². The summed E-state index contributed by atoms with van der Waals surface area (Å²) in [5, 5.41) is 26.7. The number of ether oxygens (including phenoxy) is 4. The van der Waals surface area contributed by atoms with Gasteiger partial charge in [0.05, 0.1) is 22.9 Å². The van der Waals surface area contributed by atoms with Gasteiger partial charge in [-0.05, 0) is 52.2 Å². The molecule has 0 spiro atoms. The Kier molecular flexibility index (Phi) is 12.3. The average Bonchev–Trinajstić information content (AvgIpc) is 3.05. The third-order valence-electron chi connectivity index (χ3n) is 7.87. The lowest BCUT2D eigenvalue weighted by Gasteiger charge is -2.33. The summed E-state index contributed by atoms with van der Waals surface area (Å²) >= 11 is 0. The number of amides is 2. The molecule has 3 atom stereocenters. The molecule has 2 heterocycles. The lowest BCUT2D eigenvalue weighted by atomic mass is 9.72. The molecule has 270 valence electrons. The molecular formula is C32H40B2F2N2O12. The summed E-state index contributed by atoms with van der Waals surface area (Å²) in [4.78, 5) is 49.5. The highest BCUT2D eigenvalue weighted by molar-refractivity contribution is 6.47. The van der Waals surface area contributed by atoms with Gasteiger partial charge in [-0.2, -0.15) is 0 Å². The van der Waals surface area contributed by atoms with Crippen LogP contribution in [0.25, 0.3) is 0 Å². The highest BCUT2D eigenvalue weighted by Gasteiger charge is 2.43. The molecule has 0 saturated heterocycles. The minimum atomic E-state index is -1.74. The van der Waals surface area contributed by atoms with E-state index >= 15 is 8.78 Å². The number of esters is 2. The first-order chi connectivity index (χ1) is 23.6. The topological polar surface area (TPSA) is 188 Å². The highest BCUT2D eigenvalue weighted by atomic mass is 19.1. The molecule has 2 aromatic rings. The molecule has 2 amide bonds. The summed E-state index contributed by atoms with van der Waals surface area (Å²) < 4.78 is 64.5. The predicted molar refractivity (Wildman–Crippen MR) is 173 cm³/mol. The summed E-state index contributed by atoms with van der Waals surface area (Å²) in [5.41, 5.74) is -1.56. The van der Waals surface area contributed by atoms with Crippen molar-refractivity contribution in [3.63, 3.8) is 0 Å². The predicted octanol–water partition coefficient (Wildman–Crippen LogP) is 2.48. The molecule has 2 aliphatic heterocycles. The van der Waals surface area contributed by atoms with Crippen molar-refractivity contribution in [2.24, 2.45) is 5.41 Å². The monoisotopic (exact) mass is 704 g/mol. The van der Waals surface area contributed by atoms with Crippen molar-refractivity contribution in [3.05, 3.63) is 52.1 Å². The second-order valence-electron chi connectivity index (χ2n) is 12.6. The number of hydrogen-bond acceptors (Lipinski definition) is 12. The van der Waals surface area contributed by atoms with Crippen molar-refractivity contribution in [1.29, 1.82) is 0 Å². The van der Waals surface area contributed by atoms with Crippen LogP contribution in [0.2, 0.25) is 0 Å². The van der Waals surface area contributed by atoms with Gasteiger partial charge in [-0.25, -0.2) is 13.6 Å². The van der Waals surface area contributed by atoms with Gasteiger partial charge in [0.15, 0.2) is 0 Å². The SMILES string of the molecule is CCOC(Oc1cc(F)c(C(=O)OCOC(=O)C(C)(C)C)c2c1C[C@H](NC(=O)CC)B(O)O2)c1c(F)ccc2c1OB(O)[C@@H](NC(=O)CC)C2. The fourth-order valence-electron chi connectivity index (χ4n) is 5.20. The molecule has 0 fully saturated rings. The standard InChI is InChI=1S/C32H40B2F2N2O12/c1-7-23(39)37-21-12-16-10-11-18(35)26(27(16)49-33(21)43)30(45-9-3)48-20-14-19(36)25(29(41)46-15-47-31(42)32(4,5)6)28-17(20)13-22(34(44)50-28)38-24(40)8-2/h10-11,14,21-22,30,43-44H,7-9,12-13,15H2,1-6H3,(H,37,39)(H,38,40)/t21-,22-,30?/m0/s1. The molecule has 0 aliphatic carbocycles. The molecule has 2 aromatic carbocycles. The Morgan fingerprint density at radius 2 is 1.52 bits per heavy atom. The van der Waals surface area contributed by atoms with Gasteiger partial charge >= 0.3 is 26.2 Å². The smallest absolute Gasteiger partial charge is 0.534 e. The molecule has 50 heavy (non-hydrogen) atoms. The molecular weight excluding hydrogens is 664 g/mol. The largest absolute Gasteiger partial charge is 0.547 e. The van der Waals surface area contributed by atoms with Crippen molar-refractivity contribution < 1.29 is 66.3 Å². The maximum Gasteiger partial charge on any atom is 0.547 e. The lowest BCUT2D eigenvalue weighted by molar-refractivity contribution is -0.161. The second kappa shape index (κ2) is 16.1. The third-order valence-corrected chi connectivity index (χ3v) is 7.87. The van der Waals surface area contributed by atoms with Crippen molar-refractivity contribution in [2.75, 3.05) is 13.4 Å². The summed E-state index contributed by atoms with van der Waals surface area (Å²) in [6.07, 6.45) is -1.58. The van der Waals surface area contributed by atoms with Crippen molar-refractivity contribution >= 4 is 38.0 Å². The first-order valence-corrected chi connectivity index (χ1v) is 16.2. The van der Waals surface area contributed by atoms with E-state index in [0.29, 0.717) is 5.56 Å². The fourth-order valence-corrected chi connectivity index (χ4v) is 5.20.